The SMILES string of the molecule is CC(C)CC(=Cc1ccc(SC(F)(F)F)cc1)[N+](=O)[O-]. The smallest absolute Gasteiger partial charge is 0.259 e. The second-order valence-electron chi connectivity index (χ2n) is 4.61. The highest BCUT2D eigenvalue weighted by atomic mass is 32.2. The highest BCUT2D eigenvalue weighted by Crippen LogP contribution is 2.36. The van der Waals surface area contributed by atoms with Gasteiger partial charge in [0.05, 0.1) is 4.92 Å². The summed E-state index contributed by atoms with van der Waals surface area (Å²) in [5, 5.41) is 10.9. The Morgan fingerprint density at radius 3 is 2.30 bits per heavy atom. The Morgan fingerprint density at radius 2 is 1.90 bits per heavy atom. The number of allylic oxidation sites excluding steroid dienone is 1. The first-order valence-electron chi connectivity index (χ1n) is 5.88. The predicted molar refractivity (Wildman–Crippen MR) is 72.8 cm³/mol. The Bertz CT molecular complexity index is 495. The van der Waals surface area contributed by atoms with Crippen molar-refractivity contribution in [2.24, 2.45) is 5.92 Å². The summed E-state index contributed by atoms with van der Waals surface area (Å²) in [7, 11) is 0. The molecule has 110 valence electrons. The van der Waals surface area contributed by atoms with Crippen LogP contribution in [0.3, 0.4) is 0 Å². The van der Waals surface area contributed by atoms with Crippen LogP contribution in [0.25, 0.3) is 6.08 Å². The molecule has 0 aliphatic heterocycles. The van der Waals surface area contributed by atoms with E-state index in [-0.39, 0.29) is 28.3 Å². The molecule has 7 heteroatoms. The molecule has 0 bridgehead atoms. The Morgan fingerprint density at radius 1 is 1.35 bits per heavy atom. The van der Waals surface area contributed by atoms with Gasteiger partial charge in [-0.15, -0.1) is 0 Å². The van der Waals surface area contributed by atoms with Crippen molar-refractivity contribution in [1.29, 1.82) is 0 Å². The van der Waals surface area contributed by atoms with Gasteiger partial charge in [-0.2, -0.15) is 13.2 Å². The van der Waals surface area contributed by atoms with E-state index in [4.69, 9.17) is 0 Å². The van der Waals surface area contributed by atoms with E-state index >= 15 is 0 Å². The average Bonchev–Trinajstić information content (AvgIpc) is 2.28. The van der Waals surface area contributed by atoms with E-state index in [1.165, 1.54) is 30.3 Å². The number of hydrogen-bond acceptors (Lipinski definition) is 3. The number of thioether (sulfide) groups is 1. The van der Waals surface area contributed by atoms with Crippen molar-refractivity contribution in [2.45, 2.75) is 30.7 Å². The number of nitro groups is 1. The van der Waals surface area contributed by atoms with E-state index in [1.807, 2.05) is 13.8 Å². The summed E-state index contributed by atoms with van der Waals surface area (Å²) in [6, 6.07) is 5.49. The molecule has 0 unspecified atom stereocenters. The number of nitrogens with zero attached hydrogens (tertiary/aromatic N) is 1. The first-order valence-corrected chi connectivity index (χ1v) is 6.70. The summed E-state index contributed by atoms with van der Waals surface area (Å²) in [6.07, 6.45) is 1.70. The fourth-order valence-electron chi connectivity index (χ4n) is 1.56. The van der Waals surface area contributed by atoms with Gasteiger partial charge in [-0.1, -0.05) is 26.0 Å². The number of rotatable bonds is 5. The molecule has 0 aliphatic rings. The van der Waals surface area contributed by atoms with Crippen LogP contribution in [0.5, 0.6) is 0 Å². The number of hydrogen-bond donors (Lipinski definition) is 0. The molecule has 3 nitrogen and oxygen atoms in total. The van der Waals surface area contributed by atoms with Gasteiger partial charge in [-0.3, -0.25) is 10.1 Å². The first kappa shape index (κ1) is 16.6. The lowest BCUT2D eigenvalue weighted by Gasteiger charge is -2.06. The molecule has 1 rings (SSSR count). The molecule has 0 spiro atoms. The molecule has 1 aromatic rings. The van der Waals surface area contributed by atoms with Crippen molar-refractivity contribution in [3.8, 4) is 0 Å². The third-order valence-corrected chi connectivity index (χ3v) is 3.04. The second kappa shape index (κ2) is 6.78. The molecule has 0 amide bonds. The van der Waals surface area contributed by atoms with Gasteiger partial charge in [0.25, 0.3) is 0 Å². The fourth-order valence-corrected chi connectivity index (χ4v) is 2.10. The van der Waals surface area contributed by atoms with Crippen LogP contribution >= 0.6 is 11.8 Å². The van der Waals surface area contributed by atoms with E-state index in [2.05, 4.69) is 0 Å². The third kappa shape index (κ3) is 6.10. The van der Waals surface area contributed by atoms with Gasteiger partial charge in [0.15, 0.2) is 0 Å². The Balaban J connectivity index is 2.89. The Hall–Kier alpha value is -1.50. The summed E-state index contributed by atoms with van der Waals surface area (Å²) < 4.78 is 36.5. The minimum Gasteiger partial charge on any atom is -0.259 e. The molecule has 0 radical (unpaired) electrons. The predicted octanol–water partition coefficient (Wildman–Crippen LogP) is 4.96. The topological polar surface area (TPSA) is 43.1 Å². The van der Waals surface area contributed by atoms with Gasteiger partial charge in [0.2, 0.25) is 5.70 Å². The van der Waals surface area contributed by atoms with Gasteiger partial charge in [0, 0.05) is 17.4 Å². The molecule has 0 N–H and O–H groups in total. The van der Waals surface area contributed by atoms with E-state index < -0.39 is 10.4 Å². The lowest BCUT2D eigenvalue weighted by molar-refractivity contribution is -0.427. The molecule has 0 saturated heterocycles. The second-order valence-corrected chi connectivity index (χ2v) is 5.75. The molecular formula is C13H14F3NO2S. The van der Waals surface area contributed by atoms with Crippen molar-refractivity contribution in [2.75, 3.05) is 0 Å². The molecule has 1 aromatic carbocycles. The lowest BCUT2D eigenvalue weighted by Crippen LogP contribution is -2.02. The average molecular weight is 305 g/mol. The molecule has 0 aromatic heterocycles. The van der Waals surface area contributed by atoms with Gasteiger partial charge in [0.1, 0.15) is 0 Å². The molecule has 20 heavy (non-hydrogen) atoms. The normalized spacial score (nSPS) is 12.8. The van der Waals surface area contributed by atoms with Crippen LogP contribution in [-0.4, -0.2) is 10.4 Å². The zero-order valence-corrected chi connectivity index (χ0v) is 11.8. The molecule has 0 fully saturated rings. The van der Waals surface area contributed by atoms with Crippen LogP contribution in [0.2, 0.25) is 0 Å². The van der Waals surface area contributed by atoms with Gasteiger partial charge >= 0.3 is 5.51 Å². The zero-order valence-electron chi connectivity index (χ0n) is 11.0. The van der Waals surface area contributed by atoms with Crippen LogP contribution in [0.1, 0.15) is 25.8 Å². The molecule has 0 heterocycles. The van der Waals surface area contributed by atoms with Crippen LogP contribution in [-0.2, 0) is 0 Å². The lowest BCUT2D eigenvalue weighted by atomic mass is 10.1. The van der Waals surface area contributed by atoms with Gasteiger partial charge < -0.3 is 0 Å². The number of alkyl halides is 3. The summed E-state index contributed by atoms with van der Waals surface area (Å²) in [4.78, 5) is 10.5. The summed E-state index contributed by atoms with van der Waals surface area (Å²) >= 11 is -0.209. The molecule has 0 saturated carbocycles. The van der Waals surface area contributed by atoms with Crippen molar-refractivity contribution < 1.29 is 18.1 Å². The zero-order chi connectivity index (χ0) is 15.3. The largest absolute Gasteiger partial charge is 0.446 e. The first-order chi connectivity index (χ1) is 9.17. The maximum atomic E-state index is 12.2. The van der Waals surface area contributed by atoms with E-state index in [0.717, 1.165) is 0 Å². The van der Waals surface area contributed by atoms with Crippen molar-refractivity contribution in [3.63, 3.8) is 0 Å². The van der Waals surface area contributed by atoms with Crippen LogP contribution < -0.4 is 0 Å². The monoisotopic (exact) mass is 305 g/mol. The summed E-state index contributed by atoms with van der Waals surface area (Å²) in [5.74, 6) is 0.131. The van der Waals surface area contributed by atoms with E-state index in [9.17, 15) is 23.3 Å². The minimum absolute atomic E-state index is 0.0521. The Labute approximate surface area is 119 Å². The van der Waals surface area contributed by atoms with Gasteiger partial charge in [-0.25, -0.2) is 0 Å². The summed E-state index contributed by atoms with van der Waals surface area (Å²) in [5.41, 5.74) is -3.76. The van der Waals surface area contributed by atoms with Crippen molar-refractivity contribution >= 4 is 17.8 Å². The minimum atomic E-state index is -4.33. The molecule has 0 atom stereocenters. The van der Waals surface area contributed by atoms with Crippen LogP contribution in [0, 0.1) is 16.0 Å². The fraction of sp³-hybridized carbons (Fsp3) is 0.385. The maximum absolute atomic E-state index is 12.2. The highest BCUT2D eigenvalue weighted by Gasteiger charge is 2.29. The number of halogens is 3. The third-order valence-electron chi connectivity index (χ3n) is 2.30. The van der Waals surface area contributed by atoms with Crippen LogP contribution in [0.4, 0.5) is 13.2 Å². The standard InChI is InChI=1S/C13H14F3NO2S/c1-9(2)7-11(17(18)19)8-10-3-5-12(6-4-10)20-13(14,15)16/h3-6,8-9H,7H2,1-2H3. The van der Waals surface area contributed by atoms with Gasteiger partial charge in [-0.05, 0) is 35.4 Å². The van der Waals surface area contributed by atoms with Crippen molar-refractivity contribution in [1.82, 2.24) is 0 Å². The van der Waals surface area contributed by atoms with E-state index in [0.29, 0.717) is 12.0 Å². The maximum Gasteiger partial charge on any atom is 0.446 e. The summed E-state index contributed by atoms with van der Waals surface area (Å²) in [6.45, 7) is 3.72. The molecular weight excluding hydrogens is 291 g/mol. The van der Waals surface area contributed by atoms with E-state index in [1.54, 1.807) is 0 Å². The quantitative estimate of drug-likeness (QED) is 0.438. The molecule has 0 aliphatic carbocycles. The van der Waals surface area contributed by atoms with Crippen LogP contribution in [0.15, 0.2) is 34.9 Å². The highest BCUT2D eigenvalue weighted by molar-refractivity contribution is 8.00. The Kier molecular flexibility index (Phi) is 5.62. The van der Waals surface area contributed by atoms with Crippen molar-refractivity contribution in [3.05, 3.63) is 45.6 Å². The number of benzene rings is 1.